The molecule has 5 rings (SSSR count). The third kappa shape index (κ3) is 6.37. The Morgan fingerprint density at radius 1 is 0.905 bits per heavy atom. The molecule has 2 N–H and O–H groups in total. The number of hydrogen-bond acceptors (Lipinski definition) is 6. The lowest BCUT2D eigenvalue weighted by atomic mass is 9.98. The second kappa shape index (κ2) is 12.7. The highest BCUT2D eigenvalue weighted by atomic mass is 16.5. The van der Waals surface area contributed by atoms with Crippen molar-refractivity contribution in [2.75, 3.05) is 13.7 Å². The highest BCUT2D eigenvalue weighted by molar-refractivity contribution is 5.86. The number of fused-ring (bicyclic) bond motifs is 3. The van der Waals surface area contributed by atoms with Crippen molar-refractivity contribution in [3.05, 3.63) is 119 Å². The van der Waals surface area contributed by atoms with Crippen LogP contribution >= 0.6 is 0 Å². The van der Waals surface area contributed by atoms with Crippen molar-refractivity contribution >= 4 is 18.0 Å². The van der Waals surface area contributed by atoms with Crippen LogP contribution in [0.3, 0.4) is 0 Å². The molecule has 0 fully saturated rings. The molecule has 3 aromatic carbocycles. The van der Waals surface area contributed by atoms with Crippen LogP contribution in [0.2, 0.25) is 0 Å². The summed E-state index contributed by atoms with van der Waals surface area (Å²) in [6.45, 7) is 2.04. The summed E-state index contributed by atoms with van der Waals surface area (Å²) >= 11 is 0. The van der Waals surface area contributed by atoms with Gasteiger partial charge in [-0.2, -0.15) is 0 Å². The average Bonchev–Trinajstić information content (AvgIpc) is 3.60. The van der Waals surface area contributed by atoms with Gasteiger partial charge in [-0.25, -0.2) is 9.59 Å². The van der Waals surface area contributed by atoms with E-state index >= 15 is 0 Å². The zero-order chi connectivity index (χ0) is 29.6. The molecule has 0 saturated heterocycles. The highest BCUT2D eigenvalue weighted by Crippen LogP contribution is 2.44. The number of aromatic carboxylic acids is 1. The van der Waals surface area contributed by atoms with Gasteiger partial charge in [0.25, 0.3) is 0 Å². The van der Waals surface area contributed by atoms with Crippen LogP contribution in [0.25, 0.3) is 11.1 Å². The minimum absolute atomic E-state index is 0.000385. The van der Waals surface area contributed by atoms with E-state index < -0.39 is 30.1 Å². The van der Waals surface area contributed by atoms with E-state index in [1.807, 2.05) is 66.7 Å². The zero-order valence-electron chi connectivity index (χ0n) is 23.4. The molecular formula is C33H32N2O7. The summed E-state index contributed by atoms with van der Waals surface area (Å²) in [7, 11) is 1.54. The quantitative estimate of drug-likeness (QED) is 0.247. The van der Waals surface area contributed by atoms with Gasteiger partial charge in [-0.1, -0.05) is 78.9 Å². The number of likely N-dealkylation sites (N-methyl/N-ethyl adjacent to an activating group) is 1. The molecule has 1 aliphatic carbocycles. The van der Waals surface area contributed by atoms with E-state index in [1.165, 1.54) is 17.0 Å². The number of furan rings is 1. The highest BCUT2D eigenvalue weighted by Gasteiger charge is 2.33. The Morgan fingerprint density at radius 3 is 2.14 bits per heavy atom. The summed E-state index contributed by atoms with van der Waals surface area (Å²) in [5, 5.41) is 11.9. The number of hydrogen-bond donors (Lipinski definition) is 2. The van der Waals surface area contributed by atoms with Crippen molar-refractivity contribution in [2.45, 2.75) is 38.1 Å². The summed E-state index contributed by atoms with van der Waals surface area (Å²) in [5.41, 5.74) is 5.31. The van der Waals surface area contributed by atoms with Crippen LogP contribution in [0.15, 0.2) is 95.4 Å². The molecule has 216 valence electrons. The Kier molecular flexibility index (Phi) is 8.68. The van der Waals surface area contributed by atoms with E-state index in [9.17, 15) is 14.4 Å². The molecule has 42 heavy (non-hydrogen) atoms. The summed E-state index contributed by atoms with van der Waals surface area (Å²) in [4.78, 5) is 39.2. The maximum Gasteiger partial charge on any atom is 0.407 e. The van der Waals surface area contributed by atoms with Crippen molar-refractivity contribution in [2.24, 2.45) is 0 Å². The normalized spacial score (nSPS) is 13.5. The van der Waals surface area contributed by atoms with Gasteiger partial charge in [0.2, 0.25) is 11.7 Å². The van der Waals surface area contributed by atoms with Gasteiger partial charge in [0.1, 0.15) is 18.4 Å². The molecule has 2 amide bonds. The smallest absolute Gasteiger partial charge is 0.407 e. The van der Waals surface area contributed by atoms with Crippen LogP contribution in [0.5, 0.6) is 0 Å². The fraction of sp³-hybridized carbons (Fsp3) is 0.242. The molecule has 1 aromatic heterocycles. The predicted octanol–water partition coefficient (Wildman–Crippen LogP) is 5.45. The van der Waals surface area contributed by atoms with Crippen LogP contribution in [-0.2, 0) is 27.4 Å². The van der Waals surface area contributed by atoms with Gasteiger partial charge in [0, 0.05) is 13.0 Å². The summed E-state index contributed by atoms with van der Waals surface area (Å²) < 4.78 is 17.0. The SMILES string of the molecule is CC(OCc1ccccc1)C(NC(=O)OCC1c2ccccc2-c2ccccc21)C(=O)N(C)Cc1ccc(C(=O)O)o1. The molecule has 9 heteroatoms. The first-order valence-corrected chi connectivity index (χ1v) is 13.7. The molecule has 0 saturated carbocycles. The van der Waals surface area contributed by atoms with Gasteiger partial charge >= 0.3 is 12.1 Å². The second-order valence-corrected chi connectivity index (χ2v) is 10.2. The Balaban J connectivity index is 1.28. The topological polar surface area (TPSA) is 118 Å². The molecule has 2 unspecified atom stereocenters. The van der Waals surface area contributed by atoms with Crippen LogP contribution in [0.4, 0.5) is 4.79 Å². The zero-order valence-corrected chi connectivity index (χ0v) is 23.4. The van der Waals surface area contributed by atoms with E-state index in [2.05, 4.69) is 17.4 Å². The molecular weight excluding hydrogens is 536 g/mol. The molecule has 2 atom stereocenters. The number of carboxylic acids is 1. The lowest BCUT2D eigenvalue weighted by molar-refractivity contribution is -0.137. The lowest BCUT2D eigenvalue weighted by Gasteiger charge is -2.28. The summed E-state index contributed by atoms with van der Waals surface area (Å²) in [5.74, 6) is -1.71. The van der Waals surface area contributed by atoms with Gasteiger partial charge < -0.3 is 29.2 Å². The van der Waals surface area contributed by atoms with E-state index in [4.69, 9.17) is 19.0 Å². The lowest BCUT2D eigenvalue weighted by Crippen LogP contribution is -2.53. The number of benzene rings is 3. The maximum atomic E-state index is 13.6. The Morgan fingerprint density at radius 2 is 1.52 bits per heavy atom. The number of amides is 2. The standard InChI is InChI=1S/C33H32N2O7/c1-21(40-19-22-10-4-3-5-11-22)30(31(36)35(2)18-23-16-17-29(42-23)32(37)38)34-33(39)41-20-28-26-14-8-6-12-24(26)25-13-7-9-15-27(25)28/h3-17,21,28,30H,18-20H2,1-2H3,(H,34,39)(H,37,38). The number of carbonyl (C=O) groups is 3. The number of nitrogens with one attached hydrogen (secondary N) is 1. The monoisotopic (exact) mass is 568 g/mol. The number of carbonyl (C=O) groups excluding carboxylic acids is 2. The van der Waals surface area contributed by atoms with Gasteiger partial charge in [0.05, 0.1) is 19.3 Å². The largest absolute Gasteiger partial charge is 0.475 e. The first kappa shape index (κ1) is 28.6. The Hall–Kier alpha value is -4.89. The number of carboxylic acid groups (broad SMARTS) is 1. The maximum absolute atomic E-state index is 13.6. The number of alkyl carbamates (subject to hydrolysis) is 1. The second-order valence-electron chi connectivity index (χ2n) is 10.2. The van der Waals surface area contributed by atoms with Crippen molar-refractivity contribution in [3.8, 4) is 11.1 Å². The van der Waals surface area contributed by atoms with Crippen LogP contribution < -0.4 is 5.32 Å². The van der Waals surface area contributed by atoms with Crippen molar-refractivity contribution in [1.82, 2.24) is 10.2 Å². The minimum atomic E-state index is -1.20. The molecule has 4 aromatic rings. The van der Waals surface area contributed by atoms with Crippen LogP contribution in [0.1, 0.15) is 45.8 Å². The van der Waals surface area contributed by atoms with Crippen LogP contribution in [-0.4, -0.2) is 53.8 Å². The van der Waals surface area contributed by atoms with E-state index in [0.717, 1.165) is 27.8 Å². The van der Waals surface area contributed by atoms with Gasteiger partial charge in [-0.3, -0.25) is 4.79 Å². The average molecular weight is 569 g/mol. The molecule has 0 spiro atoms. The molecule has 0 radical (unpaired) electrons. The third-order valence-corrected chi connectivity index (χ3v) is 7.35. The predicted molar refractivity (Wildman–Crippen MR) is 155 cm³/mol. The fourth-order valence-corrected chi connectivity index (χ4v) is 5.17. The molecule has 0 aliphatic heterocycles. The first-order valence-electron chi connectivity index (χ1n) is 13.7. The first-order chi connectivity index (χ1) is 20.3. The van der Waals surface area contributed by atoms with E-state index in [0.29, 0.717) is 5.76 Å². The summed E-state index contributed by atoms with van der Waals surface area (Å²) in [6.07, 6.45) is -1.46. The number of ether oxygens (including phenoxy) is 2. The van der Waals surface area contributed by atoms with Crippen LogP contribution in [0, 0.1) is 0 Å². The van der Waals surface area contributed by atoms with E-state index in [-0.39, 0.29) is 31.4 Å². The Labute approximate surface area is 243 Å². The van der Waals surface area contributed by atoms with E-state index in [1.54, 1.807) is 14.0 Å². The third-order valence-electron chi connectivity index (χ3n) is 7.35. The van der Waals surface area contributed by atoms with Gasteiger partial charge in [0.15, 0.2) is 0 Å². The molecule has 1 aliphatic rings. The number of nitrogens with zero attached hydrogens (tertiary/aromatic N) is 1. The van der Waals surface area contributed by atoms with Gasteiger partial charge in [-0.15, -0.1) is 0 Å². The van der Waals surface area contributed by atoms with Crippen molar-refractivity contribution in [1.29, 1.82) is 0 Å². The Bertz CT molecular complexity index is 1520. The van der Waals surface area contributed by atoms with Gasteiger partial charge in [-0.05, 0) is 46.9 Å². The fourth-order valence-electron chi connectivity index (χ4n) is 5.17. The molecule has 9 nitrogen and oxygen atoms in total. The minimum Gasteiger partial charge on any atom is -0.475 e. The summed E-state index contributed by atoms with van der Waals surface area (Å²) in [6, 6.07) is 27.3. The molecule has 0 bridgehead atoms. The number of rotatable bonds is 11. The van der Waals surface area contributed by atoms with Crippen molar-refractivity contribution in [3.63, 3.8) is 0 Å². The van der Waals surface area contributed by atoms with Crippen molar-refractivity contribution < 1.29 is 33.4 Å². The molecule has 1 heterocycles.